The van der Waals surface area contributed by atoms with Crippen molar-refractivity contribution in [3.63, 3.8) is 0 Å². The van der Waals surface area contributed by atoms with E-state index < -0.39 is 5.91 Å². The summed E-state index contributed by atoms with van der Waals surface area (Å²) in [7, 11) is 0. The standard InChI is InChI=1S/C16H13N3O3/c17-15(21)9-1-4-12(5-2-9)18-16(22)10-3-6-13-11(7-10)8-14(20)19-13/h1-7H,8H2,(H2,17,21)(H,18,22)(H,19,20). The fraction of sp³-hybridized carbons (Fsp3) is 0.0625. The third-order valence-corrected chi connectivity index (χ3v) is 3.42. The third-order valence-electron chi connectivity index (χ3n) is 3.42. The van der Waals surface area contributed by atoms with E-state index in [1.165, 1.54) is 0 Å². The molecule has 0 unspecified atom stereocenters. The molecule has 110 valence electrons. The molecule has 4 N–H and O–H groups in total. The molecule has 6 heteroatoms. The fourth-order valence-electron chi connectivity index (χ4n) is 2.29. The molecule has 3 rings (SSSR count). The van der Waals surface area contributed by atoms with Crippen molar-refractivity contribution in [2.24, 2.45) is 5.73 Å². The van der Waals surface area contributed by atoms with Crippen LogP contribution >= 0.6 is 0 Å². The van der Waals surface area contributed by atoms with Gasteiger partial charge in [0, 0.05) is 22.5 Å². The molecule has 0 fully saturated rings. The van der Waals surface area contributed by atoms with Gasteiger partial charge in [-0.2, -0.15) is 0 Å². The van der Waals surface area contributed by atoms with E-state index >= 15 is 0 Å². The Kier molecular flexibility index (Phi) is 3.34. The topological polar surface area (TPSA) is 101 Å². The number of carbonyl (C=O) groups excluding carboxylic acids is 3. The number of fused-ring (bicyclic) bond motifs is 1. The number of benzene rings is 2. The summed E-state index contributed by atoms with van der Waals surface area (Å²) < 4.78 is 0. The fourth-order valence-corrected chi connectivity index (χ4v) is 2.29. The minimum Gasteiger partial charge on any atom is -0.366 e. The van der Waals surface area contributed by atoms with Crippen LogP contribution in [0, 0.1) is 0 Å². The normalized spacial score (nSPS) is 12.5. The van der Waals surface area contributed by atoms with Crippen LogP contribution in [-0.4, -0.2) is 17.7 Å². The van der Waals surface area contributed by atoms with Crippen molar-refractivity contribution >= 4 is 29.1 Å². The van der Waals surface area contributed by atoms with Crippen LogP contribution in [0.2, 0.25) is 0 Å². The van der Waals surface area contributed by atoms with Gasteiger partial charge in [0.2, 0.25) is 11.8 Å². The van der Waals surface area contributed by atoms with Gasteiger partial charge >= 0.3 is 0 Å². The summed E-state index contributed by atoms with van der Waals surface area (Å²) in [6.07, 6.45) is 0.282. The molecule has 0 radical (unpaired) electrons. The van der Waals surface area contributed by atoms with Crippen molar-refractivity contribution in [2.45, 2.75) is 6.42 Å². The number of primary amides is 1. The van der Waals surface area contributed by atoms with Crippen molar-refractivity contribution in [3.8, 4) is 0 Å². The molecule has 0 atom stereocenters. The summed E-state index contributed by atoms with van der Waals surface area (Å²) in [5, 5.41) is 5.45. The van der Waals surface area contributed by atoms with Gasteiger partial charge < -0.3 is 16.4 Å². The van der Waals surface area contributed by atoms with Gasteiger partial charge in [-0.15, -0.1) is 0 Å². The lowest BCUT2D eigenvalue weighted by Gasteiger charge is -2.07. The lowest BCUT2D eigenvalue weighted by molar-refractivity contribution is -0.115. The Balaban J connectivity index is 1.76. The summed E-state index contributed by atoms with van der Waals surface area (Å²) >= 11 is 0. The number of carbonyl (C=O) groups is 3. The molecule has 0 bridgehead atoms. The first-order chi connectivity index (χ1) is 10.5. The smallest absolute Gasteiger partial charge is 0.255 e. The van der Waals surface area contributed by atoms with E-state index in [1.807, 2.05) is 0 Å². The number of amides is 3. The highest BCUT2D eigenvalue weighted by molar-refractivity contribution is 6.06. The van der Waals surface area contributed by atoms with E-state index in [-0.39, 0.29) is 18.2 Å². The highest BCUT2D eigenvalue weighted by Gasteiger charge is 2.19. The zero-order chi connectivity index (χ0) is 15.7. The second-order valence-corrected chi connectivity index (χ2v) is 4.99. The van der Waals surface area contributed by atoms with Crippen molar-refractivity contribution in [1.29, 1.82) is 0 Å². The molecule has 2 aromatic carbocycles. The van der Waals surface area contributed by atoms with Gasteiger partial charge in [0.05, 0.1) is 6.42 Å². The molecule has 1 aliphatic rings. The van der Waals surface area contributed by atoms with E-state index in [0.717, 1.165) is 11.3 Å². The van der Waals surface area contributed by atoms with E-state index in [9.17, 15) is 14.4 Å². The van der Waals surface area contributed by atoms with Gasteiger partial charge in [-0.3, -0.25) is 14.4 Å². The Bertz CT molecular complexity index is 782. The molecule has 22 heavy (non-hydrogen) atoms. The van der Waals surface area contributed by atoms with Crippen molar-refractivity contribution < 1.29 is 14.4 Å². The molecule has 1 heterocycles. The first-order valence-electron chi connectivity index (χ1n) is 6.67. The number of nitrogens with two attached hydrogens (primary N) is 1. The van der Waals surface area contributed by atoms with Gasteiger partial charge in [0.25, 0.3) is 5.91 Å². The SMILES string of the molecule is NC(=O)c1ccc(NC(=O)c2ccc3c(c2)CC(=O)N3)cc1. The molecule has 0 saturated carbocycles. The third kappa shape index (κ3) is 2.67. The molecular formula is C16H13N3O3. The van der Waals surface area contributed by atoms with Crippen LogP contribution in [0.15, 0.2) is 42.5 Å². The van der Waals surface area contributed by atoms with Gasteiger partial charge in [-0.05, 0) is 48.0 Å². The summed E-state index contributed by atoms with van der Waals surface area (Å²) in [5.74, 6) is -0.878. The maximum absolute atomic E-state index is 12.2. The maximum atomic E-state index is 12.2. The molecule has 0 spiro atoms. The molecular weight excluding hydrogens is 282 g/mol. The Labute approximate surface area is 126 Å². The second kappa shape index (κ2) is 5.33. The molecule has 2 aromatic rings. The lowest BCUT2D eigenvalue weighted by atomic mass is 10.1. The monoisotopic (exact) mass is 295 g/mol. The molecule has 0 aromatic heterocycles. The zero-order valence-electron chi connectivity index (χ0n) is 11.6. The van der Waals surface area contributed by atoms with Crippen molar-refractivity contribution in [1.82, 2.24) is 0 Å². The van der Waals surface area contributed by atoms with Crippen LogP contribution in [0.1, 0.15) is 26.3 Å². The summed E-state index contributed by atoms with van der Waals surface area (Å²) in [5.41, 5.74) is 8.11. The number of rotatable bonds is 3. The molecule has 0 aliphatic carbocycles. The Hall–Kier alpha value is -3.15. The molecule has 0 saturated heterocycles. The van der Waals surface area contributed by atoms with Crippen LogP contribution in [0.4, 0.5) is 11.4 Å². The first-order valence-corrected chi connectivity index (χ1v) is 6.67. The van der Waals surface area contributed by atoms with E-state index in [4.69, 9.17) is 5.73 Å². The molecule has 6 nitrogen and oxygen atoms in total. The summed E-state index contributed by atoms with van der Waals surface area (Å²) in [6, 6.07) is 11.4. The van der Waals surface area contributed by atoms with Crippen LogP contribution in [0.25, 0.3) is 0 Å². The lowest BCUT2D eigenvalue weighted by Crippen LogP contribution is -2.13. The minimum atomic E-state index is -0.520. The number of hydrogen-bond acceptors (Lipinski definition) is 3. The summed E-state index contributed by atoms with van der Waals surface area (Å²) in [6.45, 7) is 0. The predicted octanol–water partition coefficient (Wildman–Crippen LogP) is 1.53. The average Bonchev–Trinajstić information content (AvgIpc) is 2.86. The van der Waals surface area contributed by atoms with Crippen LogP contribution in [0.5, 0.6) is 0 Å². The Morgan fingerprint density at radius 1 is 1.05 bits per heavy atom. The van der Waals surface area contributed by atoms with Crippen molar-refractivity contribution in [2.75, 3.05) is 10.6 Å². The van der Waals surface area contributed by atoms with E-state index in [1.54, 1.807) is 42.5 Å². The van der Waals surface area contributed by atoms with Crippen LogP contribution < -0.4 is 16.4 Å². The maximum Gasteiger partial charge on any atom is 0.255 e. The van der Waals surface area contributed by atoms with Crippen LogP contribution in [-0.2, 0) is 11.2 Å². The summed E-state index contributed by atoms with van der Waals surface area (Å²) in [4.78, 5) is 34.5. The number of anilines is 2. The highest BCUT2D eigenvalue weighted by Crippen LogP contribution is 2.24. The number of nitrogens with one attached hydrogen (secondary N) is 2. The largest absolute Gasteiger partial charge is 0.366 e. The quantitative estimate of drug-likeness (QED) is 0.800. The van der Waals surface area contributed by atoms with Gasteiger partial charge in [-0.25, -0.2) is 0 Å². The van der Waals surface area contributed by atoms with Gasteiger partial charge in [0.15, 0.2) is 0 Å². The molecule has 1 aliphatic heterocycles. The second-order valence-electron chi connectivity index (χ2n) is 4.99. The Morgan fingerprint density at radius 3 is 2.41 bits per heavy atom. The first kappa shape index (κ1) is 13.8. The van der Waals surface area contributed by atoms with E-state index in [0.29, 0.717) is 16.8 Å². The highest BCUT2D eigenvalue weighted by atomic mass is 16.2. The van der Waals surface area contributed by atoms with Crippen LogP contribution in [0.3, 0.4) is 0 Å². The van der Waals surface area contributed by atoms with E-state index in [2.05, 4.69) is 10.6 Å². The Morgan fingerprint density at radius 2 is 1.73 bits per heavy atom. The average molecular weight is 295 g/mol. The number of hydrogen-bond donors (Lipinski definition) is 3. The van der Waals surface area contributed by atoms with Gasteiger partial charge in [0.1, 0.15) is 0 Å². The zero-order valence-corrected chi connectivity index (χ0v) is 11.6. The minimum absolute atomic E-state index is 0.0744. The van der Waals surface area contributed by atoms with Gasteiger partial charge in [-0.1, -0.05) is 0 Å². The predicted molar refractivity (Wildman–Crippen MR) is 81.7 cm³/mol. The van der Waals surface area contributed by atoms with Crippen molar-refractivity contribution in [3.05, 3.63) is 59.2 Å². The molecule has 3 amide bonds.